The Morgan fingerprint density at radius 1 is 1.33 bits per heavy atom. The molecule has 1 fully saturated rings. The van der Waals surface area contributed by atoms with Crippen LogP contribution in [0.25, 0.3) is 0 Å². The molecular weight excluding hydrogens is 270 g/mol. The highest BCUT2D eigenvalue weighted by atomic mass is 16.5. The first kappa shape index (κ1) is 15.5. The van der Waals surface area contributed by atoms with Gasteiger partial charge in [0.1, 0.15) is 6.10 Å². The second-order valence-electron chi connectivity index (χ2n) is 5.42. The van der Waals surface area contributed by atoms with Gasteiger partial charge in [-0.2, -0.15) is 0 Å². The molecule has 3 atom stereocenters. The summed E-state index contributed by atoms with van der Waals surface area (Å²) in [7, 11) is 0. The van der Waals surface area contributed by atoms with Crippen molar-refractivity contribution in [2.45, 2.75) is 50.9 Å². The molecule has 0 spiro atoms. The third kappa shape index (κ3) is 4.56. The van der Waals surface area contributed by atoms with Crippen molar-refractivity contribution in [2.75, 3.05) is 0 Å². The molecular formula is C16H21NO4. The van der Waals surface area contributed by atoms with E-state index in [-0.39, 0.29) is 24.5 Å². The van der Waals surface area contributed by atoms with E-state index >= 15 is 0 Å². The average molecular weight is 291 g/mol. The van der Waals surface area contributed by atoms with Crippen molar-refractivity contribution in [3.63, 3.8) is 0 Å². The Morgan fingerprint density at radius 2 is 2.05 bits per heavy atom. The molecule has 1 aliphatic rings. The van der Waals surface area contributed by atoms with Crippen LogP contribution in [0.4, 0.5) is 0 Å². The van der Waals surface area contributed by atoms with Crippen LogP contribution in [0.2, 0.25) is 0 Å². The molecule has 1 saturated heterocycles. The predicted octanol–water partition coefficient (Wildman–Crippen LogP) is 2.28. The maximum atomic E-state index is 12.2. The van der Waals surface area contributed by atoms with Crippen LogP contribution >= 0.6 is 0 Å². The van der Waals surface area contributed by atoms with Crippen LogP contribution < -0.4 is 5.32 Å². The number of hydrogen-bond acceptors (Lipinski definition) is 3. The summed E-state index contributed by atoms with van der Waals surface area (Å²) in [6.45, 7) is 1.95. The zero-order chi connectivity index (χ0) is 15.2. The Hall–Kier alpha value is -1.88. The van der Waals surface area contributed by atoms with E-state index in [1.54, 1.807) is 0 Å². The minimum atomic E-state index is -0.865. The quantitative estimate of drug-likeness (QED) is 0.843. The highest BCUT2D eigenvalue weighted by molar-refractivity contribution is 5.81. The summed E-state index contributed by atoms with van der Waals surface area (Å²) in [5.74, 6) is -1.02. The minimum Gasteiger partial charge on any atom is -0.481 e. The summed E-state index contributed by atoms with van der Waals surface area (Å²) in [5, 5.41) is 11.8. The smallest absolute Gasteiger partial charge is 0.303 e. The summed E-state index contributed by atoms with van der Waals surface area (Å²) < 4.78 is 5.56. The predicted molar refractivity (Wildman–Crippen MR) is 77.8 cm³/mol. The lowest BCUT2D eigenvalue weighted by Gasteiger charge is -2.21. The number of nitrogens with one attached hydrogen (secondary N) is 1. The van der Waals surface area contributed by atoms with Crippen LogP contribution in [0, 0.1) is 0 Å². The molecule has 5 heteroatoms. The fourth-order valence-electron chi connectivity index (χ4n) is 2.54. The average Bonchev–Trinajstić information content (AvgIpc) is 2.90. The zero-order valence-corrected chi connectivity index (χ0v) is 12.1. The lowest BCUT2D eigenvalue weighted by Crippen LogP contribution is -2.37. The molecule has 1 amide bonds. The molecule has 2 rings (SSSR count). The van der Waals surface area contributed by atoms with Gasteiger partial charge in [0.25, 0.3) is 0 Å². The highest BCUT2D eigenvalue weighted by Crippen LogP contribution is 2.22. The van der Waals surface area contributed by atoms with Gasteiger partial charge in [0, 0.05) is 6.42 Å². The Bertz CT molecular complexity index is 488. The first-order chi connectivity index (χ1) is 10.1. The number of benzene rings is 1. The van der Waals surface area contributed by atoms with Crippen molar-refractivity contribution in [3.8, 4) is 0 Å². The number of rotatable bonds is 6. The third-order valence-corrected chi connectivity index (χ3v) is 3.69. The maximum Gasteiger partial charge on any atom is 0.303 e. The van der Waals surface area contributed by atoms with Crippen LogP contribution in [0.5, 0.6) is 0 Å². The van der Waals surface area contributed by atoms with Gasteiger partial charge in [-0.1, -0.05) is 30.3 Å². The molecule has 0 aliphatic carbocycles. The van der Waals surface area contributed by atoms with Gasteiger partial charge in [-0.25, -0.2) is 0 Å². The number of carboxylic acid groups (broad SMARTS) is 1. The second-order valence-corrected chi connectivity index (χ2v) is 5.42. The fourth-order valence-corrected chi connectivity index (χ4v) is 2.54. The first-order valence-corrected chi connectivity index (χ1v) is 7.29. The second kappa shape index (κ2) is 7.22. The van der Waals surface area contributed by atoms with E-state index in [2.05, 4.69) is 5.32 Å². The van der Waals surface area contributed by atoms with Gasteiger partial charge >= 0.3 is 5.97 Å². The molecule has 0 bridgehead atoms. The molecule has 1 heterocycles. The van der Waals surface area contributed by atoms with Crippen molar-refractivity contribution >= 4 is 11.9 Å². The van der Waals surface area contributed by atoms with Gasteiger partial charge in [0.15, 0.2) is 0 Å². The van der Waals surface area contributed by atoms with Crippen LogP contribution in [0.1, 0.15) is 44.2 Å². The maximum absolute atomic E-state index is 12.2. The van der Waals surface area contributed by atoms with Crippen molar-refractivity contribution in [2.24, 2.45) is 0 Å². The Kier molecular flexibility index (Phi) is 5.33. The summed E-state index contributed by atoms with van der Waals surface area (Å²) in [4.78, 5) is 23.0. The van der Waals surface area contributed by atoms with E-state index in [9.17, 15) is 9.59 Å². The third-order valence-electron chi connectivity index (χ3n) is 3.69. The lowest BCUT2D eigenvalue weighted by molar-refractivity contribution is -0.138. The van der Waals surface area contributed by atoms with E-state index in [1.807, 2.05) is 37.3 Å². The topological polar surface area (TPSA) is 75.6 Å². The normalized spacial score (nSPS) is 22.7. The molecule has 1 aromatic carbocycles. The van der Waals surface area contributed by atoms with Gasteiger partial charge in [-0.3, -0.25) is 9.59 Å². The molecule has 1 aliphatic heterocycles. The van der Waals surface area contributed by atoms with Crippen molar-refractivity contribution in [1.29, 1.82) is 0 Å². The number of carboxylic acids is 1. The number of ether oxygens (including phenoxy) is 1. The van der Waals surface area contributed by atoms with Gasteiger partial charge in [0.05, 0.1) is 12.1 Å². The van der Waals surface area contributed by atoms with Gasteiger partial charge in [0.2, 0.25) is 5.91 Å². The summed E-state index contributed by atoms with van der Waals surface area (Å²) in [6.07, 6.45) is 1.66. The monoisotopic (exact) mass is 291 g/mol. The molecule has 21 heavy (non-hydrogen) atoms. The van der Waals surface area contributed by atoms with Crippen LogP contribution in [0.3, 0.4) is 0 Å². The number of carbonyl (C=O) groups is 2. The summed E-state index contributed by atoms with van der Waals surface area (Å²) >= 11 is 0. The first-order valence-electron chi connectivity index (χ1n) is 7.29. The Morgan fingerprint density at radius 3 is 2.62 bits per heavy atom. The van der Waals surface area contributed by atoms with E-state index in [1.165, 1.54) is 0 Å². The molecule has 1 aromatic rings. The summed E-state index contributed by atoms with van der Waals surface area (Å²) in [5.41, 5.74) is 0.915. The van der Waals surface area contributed by atoms with E-state index in [0.717, 1.165) is 12.0 Å². The van der Waals surface area contributed by atoms with Crippen LogP contribution in [0.15, 0.2) is 30.3 Å². The molecule has 2 N–H and O–H groups in total. The van der Waals surface area contributed by atoms with E-state index in [4.69, 9.17) is 9.84 Å². The zero-order valence-electron chi connectivity index (χ0n) is 12.1. The largest absolute Gasteiger partial charge is 0.481 e. The molecule has 0 unspecified atom stereocenters. The molecule has 0 radical (unpaired) electrons. The van der Waals surface area contributed by atoms with Crippen LogP contribution in [-0.2, 0) is 14.3 Å². The Balaban J connectivity index is 2.01. The van der Waals surface area contributed by atoms with Gasteiger partial charge in [-0.15, -0.1) is 0 Å². The van der Waals surface area contributed by atoms with E-state index in [0.29, 0.717) is 12.8 Å². The number of amides is 1. The lowest BCUT2D eigenvalue weighted by atomic mass is 10.0. The van der Waals surface area contributed by atoms with Crippen molar-refractivity contribution in [1.82, 2.24) is 5.32 Å². The molecule has 5 nitrogen and oxygen atoms in total. The van der Waals surface area contributed by atoms with Crippen molar-refractivity contribution < 1.29 is 19.4 Å². The van der Waals surface area contributed by atoms with E-state index < -0.39 is 12.1 Å². The van der Waals surface area contributed by atoms with Gasteiger partial charge in [-0.05, 0) is 31.7 Å². The minimum absolute atomic E-state index is 0.0156. The highest BCUT2D eigenvalue weighted by Gasteiger charge is 2.29. The SMILES string of the molecule is C[C@@H]1CC[C@@H](C(=O)N[C@@H](CCC(=O)O)c2ccccc2)O1. The standard InChI is InChI=1S/C16H21NO4/c1-11-7-9-14(21-11)16(20)17-13(8-10-15(18)19)12-5-3-2-4-6-12/h2-6,11,13-14H,7-10H2,1H3,(H,17,20)(H,18,19)/t11-,13+,14+/m1/s1. The fraction of sp³-hybridized carbons (Fsp3) is 0.500. The molecule has 0 saturated carbocycles. The van der Waals surface area contributed by atoms with Crippen LogP contribution in [-0.4, -0.2) is 29.2 Å². The van der Waals surface area contributed by atoms with Gasteiger partial charge < -0.3 is 15.2 Å². The number of hydrogen-bond donors (Lipinski definition) is 2. The number of carbonyl (C=O) groups excluding carboxylic acids is 1. The molecule has 114 valence electrons. The van der Waals surface area contributed by atoms with Crippen molar-refractivity contribution in [3.05, 3.63) is 35.9 Å². The Labute approximate surface area is 124 Å². The summed E-state index contributed by atoms with van der Waals surface area (Å²) in [6, 6.07) is 9.14. The molecule has 0 aromatic heterocycles. The number of aliphatic carboxylic acids is 1.